The number of amides is 1. The summed E-state index contributed by atoms with van der Waals surface area (Å²) in [5.41, 5.74) is 7.07. The molecular formula is C36H46N2O6S. The van der Waals surface area contributed by atoms with Crippen molar-refractivity contribution >= 4 is 22.1 Å². The van der Waals surface area contributed by atoms with Crippen LogP contribution in [0.5, 0.6) is 0 Å². The Labute approximate surface area is 267 Å². The van der Waals surface area contributed by atoms with Crippen LogP contribution in [0.2, 0.25) is 0 Å². The van der Waals surface area contributed by atoms with Crippen molar-refractivity contribution in [2.45, 2.75) is 95.4 Å². The number of alkyl carbamates (subject to hydrolysis) is 1. The molecule has 1 aliphatic rings. The molecule has 4 rings (SSSR count). The van der Waals surface area contributed by atoms with Crippen LogP contribution in [0, 0.1) is 0 Å². The molecule has 0 aromatic heterocycles. The van der Waals surface area contributed by atoms with E-state index in [1.54, 1.807) is 0 Å². The molecular weight excluding hydrogens is 588 g/mol. The topological polar surface area (TPSA) is 122 Å². The van der Waals surface area contributed by atoms with E-state index < -0.39 is 28.1 Å². The molecule has 3 N–H and O–H groups in total. The first-order chi connectivity index (χ1) is 21.3. The lowest BCUT2D eigenvalue weighted by atomic mass is 9.89. The predicted octanol–water partition coefficient (Wildman–Crippen LogP) is 7.50. The fourth-order valence-electron chi connectivity index (χ4n) is 5.99. The fourth-order valence-corrected chi connectivity index (χ4v) is 7.76. The minimum atomic E-state index is -3.80. The van der Waals surface area contributed by atoms with E-state index in [1.807, 2.05) is 88.4 Å². The van der Waals surface area contributed by atoms with Gasteiger partial charge in [0, 0.05) is 12.5 Å². The summed E-state index contributed by atoms with van der Waals surface area (Å²) in [5.74, 6) is -0.985. The van der Waals surface area contributed by atoms with Gasteiger partial charge in [-0.1, -0.05) is 102 Å². The van der Waals surface area contributed by atoms with Crippen molar-refractivity contribution in [2.75, 3.05) is 13.2 Å². The van der Waals surface area contributed by atoms with E-state index in [1.165, 1.54) is 0 Å². The summed E-state index contributed by atoms with van der Waals surface area (Å²) >= 11 is 0. The minimum Gasteiger partial charge on any atom is -0.480 e. The average molecular weight is 635 g/mol. The second-order valence-corrected chi connectivity index (χ2v) is 14.5. The molecule has 1 atom stereocenters. The highest BCUT2D eigenvalue weighted by molar-refractivity contribution is 7.89. The van der Waals surface area contributed by atoms with Gasteiger partial charge in [-0.2, -0.15) is 0 Å². The van der Waals surface area contributed by atoms with Crippen LogP contribution in [0.3, 0.4) is 0 Å². The lowest BCUT2D eigenvalue weighted by Gasteiger charge is -2.23. The summed E-state index contributed by atoms with van der Waals surface area (Å²) in [7, 11) is -3.80. The first-order valence-electron chi connectivity index (χ1n) is 15.8. The summed E-state index contributed by atoms with van der Waals surface area (Å²) < 4.78 is 35.4. The molecule has 0 saturated carbocycles. The molecule has 242 valence electrons. The summed E-state index contributed by atoms with van der Waals surface area (Å²) in [6.45, 7) is 12.4. The van der Waals surface area contributed by atoms with E-state index in [0.717, 1.165) is 38.9 Å². The van der Waals surface area contributed by atoms with Crippen LogP contribution in [0.4, 0.5) is 4.79 Å². The first-order valence-corrected chi connectivity index (χ1v) is 17.3. The number of carboxylic acids is 1. The lowest BCUT2D eigenvalue weighted by Crippen LogP contribution is -2.41. The quantitative estimate of drug-likeness (QED) is 0.158. The molecule has 0 fully saturated rings. The molecule has 45 heavy (non-hydrogen) atoms. The van der Waals surface area contributed by atoms with Crippen molar-refractivity contribution in [1.29, 1.82) is 0 Å². The van der Waals surface area contributed by atoms with Gasteiger partial charge in [0.15, 0.2) is 0 Å². The molecule has 3 aromatic rings. The average Bonchev–Trinajstić information content (AvgIpc) is 3.31. The van der Waals surface area contributed by atoms with E-state index in [9.17, 15) is 23.1 Å². The Balaban J connectivity index is 1.32. The number of nitrogens with one attached hydrogen (secondary N) is 2. The number of carbonyl (C=O) groups is 2. The maximum Gasteiger partial charge on any atom is 0.407 e. The Bertz CT molecular complexity index is 1560. The molecule has 0 bridgehead atoms. The summed E-state index contributed by atoms with van der Waals surface area (Å²) in [6.07, 6.45) is 0.146. The number of ether oxygens (including phenoxy) is 1. The molecule has 0 aliphatic heterocycles. The second kappa shape index (κ2) is 14.6. The summed E-state index contributed by atoms with van der Waals surface area (Å²) in [6, 6.07) is 18.8. The molecule has 9 heteroatoms. The SMILES string of the molecule is CC(C)c1cc(C(C)C)c(S(=O)(=O)NCCCC[C@H](NC(=O)OCC2c3ccccc3-c3ccccc32)C(=O)O)c(C(C)C)c1. The zero-order valence-corrected chi connectivity index (χ0v) is 27.9. The lowest BCUT2D eigenvalue weighted by molar-refractivity contribution is -0.139. The van der Waals surface area contributed by atoms with Crippen molar-refractivity contribution in [2.24, 2.45) is 0 Å². The van der Waals surface area contributed by atoms with Gasteiger partial charge >= 0.3 is 12.1 Å². The Hall–Kier alpha value is -3.69. The maximum atomic E-state index is 13.6. The predicted molar refractivity (Wildman–Crippen MR) is 177 cm³/mol. The molecule has 1 amide bonds. The molecule has 0 unspecified atom stereocenters. The zero-order chi connectivity index (χ0) is 32.9. The number of benzene rings is 3. The van der Waals surface area contributed by atoms with E-state index in [0.29, 0.717) is 17.7 Å². The van der Waals surface area contributed by atoms with Gasteiger partial charge in [-0.15, -0.1) is 0 Å². The number of carboxylic acid groups (broad SMARTS) is 1. The summed E-state index contributed by atoms with van der Waals surface area (Å²) in [5, 5.41) is 12.2. The van der Waals surface area contributed by atoms with Gasteiger partial charge < -0.3 is 15.2 Å². The van der Waals surface area contributed by atoms with Crippen LogP contribution >= 0.6 is 0 Å². The Morgan fingerprint density at radius 2 is 1.36 bits per heavy atom. The Morgan fingerprint density at radius 3 is 1.84 bits per heavy atom. The number of sulfonamides is 1. The minimum absolute atomic E-state index is 0.0214. The van der Waals surface area contributed by atoms with Crippen LogP contribution in [0.1, 0.15) is 112 Å². The number of hydrogen-bond donors (Lipinski definition) is 3. The van der Waals surface area contributed by atoms with Crippen LogP contribution in [0.15, 0.2) is 65.6 Å². The third-order valence-corrected chi connectivity index (χ3v) is 10.1. The number of unbranched alkanes of at least 4 members (excludes halogenated alkanes) is 1. The van der Waals surface area contributed by atoms with Crippen LogP contribution in [-0.2, 0) is 19.6 Å². The van der Waals surface area contributed by atoms with E-state index in [4.69, 9.17) is 4.74 Å². The first kappa shape index (κ1) is 34.2. The standard InChI is InChI=1S/C36H46N2O6S/c1-22(2)25-19-30(23(3)4)34(31(20-25)24(5)6)45(42,43)37-18-12-11-17-33(35(39)40)38-36(41)44-21-32-28-15-9-7-13-26(28)27-14-8-10-16-29(27)32/h7-10,13-16,19-20,22-24,32-33,37H,11-12,17-18,21H2,1-6H3,(H,38,41)(H,39,40)/t33-/m0/s1. The van der Waals surface area contributed by atoms with Gasteiger partial charge in [-0.25, -0.2) is 22.7 Å². The normalized spacial score (nSPS) is 13.6. The number of carbonyl (C=O) groups excluding carboxylic acids is 1. The van der Waals surface area contributed by atoms with E-state index >= 15 is 0 Å². The molecule has 0 radical (unpaired) electrons. The number of aliphatic carboxylic acids is 1. The van der Waals surface area contributed by atoms with Crippen molar-refractivity contribution < 1.29 is 27.9 Å². The third kappa shape index (κ3) is 7.94. The Morgan fingerprint density at radius 1 is 0.822 bits per heavy atom. The van der Waals surface area contributed by atoms with Gasteiger partial charge in [0.1, 0.15) is 12.6 Å². The highest BCUT2D eigenvalue weighted by atomic mass is 32.2. The largest absolute Gasteiger partial charge is 0.480 e. The number of rotatable bonds is 14. The van der Waals surface area contributed by atoms with Crippen LogP contribution in [0.25, 0.3) is 11.1 Å². The summed E-state index contributed by atoms with van der Waals surface area (Å²) in [4.78, 5) is 24.9. The van der Waals surface area contributed by atoms with E-state index in [-0.39, 0.29) is 43.2 Å². The molecule has 0 spiro atoms. The highest BCUT2D eigenvalue weighted by Crippen LogP contribution is 2.44. The van der Waals surface area contributed by atoms with Gasteiger partial charge in [-0.3, -0.25) is 0 Å². The van der Waals surface area contributed by atoms with Crippen molar-refractivity contribution in [1.82, 2.24) is 10.0 Å². The zero-order valence-electron chi connectivity index (χ0n) is 27.1. The molecule has 0 saturated heterocycles. The number of hydrogen-bond acceptors (Lipinski definition) is 5. The maximum absolute atomic E-state index is 13.6. The number of fused-ring (bicyclic) bond motifs is 3. The smallest absolute Gasteiger partial charge is 0.407 e. The van der Waals surface area contributed by atoms with Crippen molar-refractivity contribution in [3.63, 3.8) is 0 Å². The van der Waals surface area contributed by atoms with Crippen molar-refractivity contribution in [3.8, 4) is 11.1 Å². The fraction of sp³-hybridized carbons (Fsp3) is 0.444. The van der Waals surface area contributed by atoms with E-state index in [2.05, 4.69) is 23.9 Å². The second-order valence-electron chi connectivity index (χ2n) is 12.7. The molecule has 1 aliphatic carbocycles. The monoisotopic (exact) mass is 634 g/mol. The molecule has 0 heterocycles. The molecule has 3 aromatic carbocycles. The molecule has 8 nitrogen and oxygen atoms in total. The van der Waals surface area contributed by atoms with Gasteiger partial charge in [0.05, 0.1) is 4.90 Å². The van der Waals surface area contributed by atoms with Gasteiger partial charge in [0.2, 0.25) is 10.0 Å². The van der Waals surface area contributed by atoms with Gasteiger partial charge in [0.25, 0.3) is 0 Å². The van der Waals surface area contributed by atoms with Crippen molar-refractivity contribution in [3.05, 3.63) is 88.5 Å². The third-order valence-electron chi connectivity index (χ3n) is 8.49. The highest BCUT2D eigenvalue weighted by Gasteiger charge is 2.30. The Kier molecular flexibility index (Phi) is 11.1. The van der Waals surface area contributed by atoms with Gasteiger partial charge in [-0.05, 0) is 76.0 Å². The van der Waals surface area contributed by atoms with Crippen LogP contribution in [-0.4, -0.2) is 44.8 Å². The van der Waals surface area contributed by atoms with Crippen LogP contribution < -0.4 is 10.0 Å².